The second-order valence-electron chi connectivity index (χ2n) is 9.42. The van der Waals surface area contributed by atoms with Gasteiger partial charge in [0.1, 0.15) is 5.82 Å². The van der Waals surface area contributed by atoms with Gasteiger partial charge in [-0.25, -0.2) is 9.78 Å². The zero-order valence-electron chi connectivity index (χ0n) is 21.1. The fraction of sp³-hybridized carbons (Fsp3) is 0.440. The van der Waals surface area contributed by atoms with Crippen LogP contribution in [-0.4, -0.2) is 84.9 Å². The number of piperidine rings is 1. The molecule has 2 N–H and O–H groups in total. The van der Waals surface area contributed by atoms with Crippen molar-refractivity contribution in [3.63, 3.8) is 0 Å². The molecule has 11 nitrogen and oxygen atoms in total. The number of aromatic nitrogens is 1. The monoisotopic (exact) mass is 582 g/mol. The Kier molecular flexibility index (Phi) is 7.90. The minimum absolute atomic E-state index is 0.0822. The van der Waals surface area contributed by atoms with Crippen LogP contribution in [0.2, 0.25) is 5.02 Å². The van der Waals surface area contributed by atoms with E-state index >= 15 is 0 Å². The number of hydrogen-bond acceptors (Lipinski definition) is 9. The summed E-state index contributed by atoms with van der Waals surface area (Å²) in [5, 5.41) is 10.0. The average Bonchev–Trinajstić information content (AvgIpc) is 3.26. The van der Waals surface area contributed by atoms with E-state index in [9.17, 15) is 22.8 Å². The number of nitrogens with zero attached hydrogens (tertiary/aromatic N) is 4. The van der Waals surface area contributed by atoms with Crippen molar-refractivity contribution in [2.24, 2.45) is 5.16 Å². The maximum Gasteiger partial charge on any atom is 0.573 e. The van der Waals surface area contributed by atoms with Gasteiger partial charge in [-0.3, -0.25) is 10.1 Å². The Balaban J connectivity index is 1.29. The quantitative estimate of drug-likeness (QED) is 0.551. The van der Waals surface area contributed by atoms with Crippen LogP contribution < -0.4 is 20.3 Å². The molecule has 2 saturated heterocycles. The van der Waals surface area contributed by atoms with E-state index in [-0.39, 0.29) is 11.4 Å². The molecule has 1 atom stereocenters. The number of ether oxygens (including phenoxy) is 2. The number of anilines is 2. The van der Waals surface area contributed by atoms with Crippen LogP contribution in [0.4, 0.5) is 29.5 Å². The molecule has 40 heavy (non-hydrogen) atoms. The Hall–Kier alpha value is -3.78. The summed E-state index contributed by atoms with van der Waals surface area (Å²) in [5.41, 5.74) is -1.42. The molecular formula is C25H26ClF3N6O5. The molecule has 4 heterocycles. The molecule has 3 aliphatic heterocycles. The van der Waals surface area contributed by atoms with Gasteiger partial charge in [0, 0.05) is 45.2 Å². The summed E-state index contributed by atoms with van der Waals surface area (Å²) in [5.74, 6) is -0.443. The van der Waals surface area contributed by atoms with Crippen LogP contribution in [0, 0.1) is 0 Å². The SMILES string of the molecule is O=C(Nc1ccccc1OC(F)(F)F)OC1C(C(=O)N2CCN(c3ncccc3Cl)CC2)=NOC12CCNCC2. The fourth-order valence-electron chi connectivity index (χ4n) is 4.93. The van der Waals surface area contributed by atoms with Gasteiger partial charge in [0.15, 0.2) is 23.2 Å². The first-order chi connectivity index (χ1) is 19.2. The maximum atomic E-state index is 13.6. The highest BCUT2D eigenvalue weighted by molar-refractivity contribution is 6.41. The van der Waals surface area contributed by atoms with Crippen molar-refractivity contribution in [1.82, 2.24) is 15.2 Å². The van der Waals surface area contributed by atoms with E-state index in [1.165, 1.54) is 18.2 Å². The molecule has 3 aliphatic rings. The van der Waals surface area contributed by atoms with E-state index in [1.54, 1.807) is 23.2 Å². The molecule has 1 aromatic heterocycles. The number of oxime groups is 1. The number of piperazine rings is 1. The number of halogens is 4. The predicted molar refractivity (Wildman–Crippen MR) is 138 cm³/mol. The Bertz CT molecular complexity index is 1280. The second kappa shape index (κ2) is 11.4. The van der Waals surface area contributed by atoms with Crippen molar-refractivity contribution in [3.8, 4) is 5.75 Å². The largest absolute Gasteiger partial charge is 0.573 e. The molecule has 15 heteroatoms. The Labute approximate surface area is 232 Å². The van der Waals surface area contributed by atoms with E-state index in [2.05, 4.69) is 25.5 Å². The summed E-state index contributed by atoms with van der Waals surface area (Å²) in [6, 6.07) is 8.53. The Morgan fingerprint density at radius 1 is 1.10 bits per heavy atom. The van der Waals surface area contributed by atoms with E-state index in [0.29, 0.717) is 63.0 Å². The van der Waals surface area contributed by atoms with E-state index in [1.807, 2.05) is 4.90 Å². The van der Waals surface area contributed by atoms with E-state index < -0.39 is 35.8 Å². The maximum absolute atomic E-state index is 13.6. The Morgan fingerprint density at radius 3 is 2.52 bits per heavy atom. The normalized spacial score (nSPS) is 20.5. The third-order valence-corrected chi connectivity index (χ3v) is 7.20. The number of pyridine rings is 1. The number of amides is 2. The molecule has 0 saturated carbocycles. The molecule has 1 spiro atoms. The van der Waals surface area contributed by atoms with E-state index in [0.717, 1.165) is 6.07 Å². The summed E-state index contributed by atoms with van der Waals surface area (Å²) >= 11 is 6.27. The number of rotatable bonds is 5. The molecule has 0 radical (unpaired) electrons. The molecule has 1 unspecified atom stereocenters. The summed E-state index contributed by atoms with van der Waals surface area (Å²) in [6.07, 6.45) is -4.79. The van der Waals surface area contributed by atoms with Gasteiger partial charge in [-0.05, 0) is 37.4 Å². The van der Waals surface area contributed by atoms with Crippen molar-refractivity contribution in [2.45, 2.75) is 30.9 Å². The minimum atomic E-state index is -4.96. The van der Waals surface area contributed by atoms with Gasteiger partial charge in [-0.15, -0.1) is 13.2 Å². The van der Waals surface area contributed by atoms with Crippen LogP contribution in [-0.2, 0) is 14.4 Å². The number of hydrogen-bond donors (Lipinski definition) is 2. The van der Waals surface area contributed by atoms with Crippen LogP contribution in [0.1, 0.15) is 12.8 Å². The van der Waals surface area contributed by atoms with Gasteiger partial charge < -0.3 is 29.4 Å². The van der Waals surface area contributed by atoms with Crippen molar-refractivity contribution in [1.29, 1.82) is 0 Å². The highest BCUT2D eigenvalue weighted by atomic mass is 35.5. The van der Waals surface area contributed by atoms with Crippen LogP contribution in [0.25, 0.3) is 0 Å². The van der Waals surface area contributed by atoms with Crippen LogP contribution >= 0.6 is 11.6 Å². The smallest absolute Gasteiger partial charge is 0.435 e. The molecule has 2 fully saturated rings. The third kappa shape index (κ3) is 6.02. The van der Waals surface area contributed by atoms with Gasteiger partial charge in [0.25, 0.3) is 5.91 Å². The second-order valence-corrected chi connectivity index (χ2v) is 9.83. The lowest BCUT2D eigenvalue weighted by Crippen LogP contribution is -2.57. The first-order valence-electron chi connectivity index (χ1n) is 12.6. The molecule has 0 bridgehead atoms. The van der Waals surface area contributed by atoms with Gasteiger partial charge in [0.2, 0.25) is 0 Å². The van der Waals surface area contributed by atoms with Gasteiger partial charge in [-0.1, -0.05) is 28.9 Å². The molecule has 5 rings (SSSR count). The number of carbonyl (C=O) groups excluding carboxylic acids is 2. The zero-order chi connectivity index (χ0) is 28.3. The zero-order valence-corrected chi connectivity index (χ0v) is 21.9. The molecule has 0 aliphatic carbocycles. The lowest BCUT2D eigenvalue weighted by Gasteiger charge is -2.37. The number of carbonyl (C=O) groups is 2. The molecule has 214 valence electrons. The van der Waals surface area contributed by atoms with Crippen molar-refractivity contribution < 1.29 is 37.1 Å². The fourth-order valence-corrected chi connectivity index (χ4v) is 5.17. The highest BCUT2D eigenvalue weighted by Gasteiger charge is 2.55. The third-order valence-electron chi connectivity index (χ3n) is 6.90. The van der Waals surface area contributed by atoms with Crippen LogP contribution in [0.5, 0.6) is 5.75 Å². The van der Waals surface area contributed by atoms with Gasteiger partial charge in [0.05, 0.1) is 10.7 Å². The molecular weight excluding hydrogens is 557 g/mol. The van der Waals surface area contributed by atoms with Crippen molar-refractivity contribution >= 4 is 40.8 Å². The van der Waals surface area contributed by atoms with Crippen molar-refractivity contribution in [3.05, 3.63) is 47.6 Å². The number of benzene rings is 1. The topological polar surface area (TPSA) is 118 Å². The van der Waals surface area contributed by atoms with Crippen LogP contribution in [0.3, 0.4) is 0 Å². The minimum Gasteiger partial charge on any atom is -0.435 e. The average molecular weight is 583 g/mol. The summed E-state index contributed by atoms with van der Waals surface area (Å²) in [6.45, 7) is 2.66. The lowest BCUT2D eigenvalue weighted by molar-refractivity contribution is -0.274. The summed E-state index contributed by atoms with van der Waals surface area (Å²) < 4.78 is 48.1. The van der Waals surface area contributed by atoms with Crippen molar-refractivity contribution in [2.75, 3.05) is 49.5 Å². The van der Waals surface area contributed by atoms with E-state index in [4.69, 9.17) is 21.2 Å². The predicted octanol–water partition coefficient (Wildman–Crippen LogP) is 3.41. The molecule has 2 aromatic rings. The lowest BCUT2D eigenvalue weighted by atomic mass is 9.84. The van der Waals surface area contributed by atoms with Gasteiger partial charge >= 0.3 is 12.5 Å². The van der Waals surface area contributed by atoms with Gasteiger partial charge in [-0.2, -0.15) is 0 Å². The first-order valence-corrected chi connectivity index (χ1v) is 13.0. The molecule has 1 aromatic carbocycles. The highest BCUT2D eigenvalue weighted by Crippen LogP contribution is 2.37. The summed E-state index contributed by atoms with van der Waals surface area (Å²) in [4.78, 5) is 40.1. The number of para-hydroxylation sites is 2. The van der Waals surface area contributed by atoms with Crippen LogP contribution in [0.15, 0.2) is 47.8 Å². The first kappa shape index (κ1) is 27.8. The molecule has 2 amide bonds. The number of alkyl halides is 3. The number of nitrogens with one attached hydrogen (secondary N) is 2. The Morgan fingerprint density at radius 2 is 1.82 bits per heavy atom. The summed E-state index contributed by atoms with van der Waals surface area (Å²) in [7, 11) is 0. The standard InChI is InChI=1S/C25H26ClF3N6O5/c26-16-4-3-9-31-21(16)34-12-14-35(15-13-34)22(36)19-20(24(40-33-19)7-10-30-11-8-24)38-23(37)32-17-5-1-2-6-18(17)39-25(27,28)29/h1-6,9,20,30H,7-8,10-15H2,(H,32,37).